The van der Waals surface area contributed by atoms with Crippen molar-refractivity contribution in [2.24, 2.45) is 0 Å². The number of benzene rings is 2. The molecular formula is C21H20O7S. The van der Waals surface area contributed by atoms with E-state index in [1.54, 1.807) is 25.1 Å². The average Bonchev–Trinajstić information content (AvgIpc) is 3.08. The third-order valence-electron chi connectivity index (χ3n) is 4.01. The zero-order valence-electron chi connectivity index (χ0n) is 16.2. The van der Waals surface area contributed by atoms with Crippen LogP contribution in [-0.4, -0.2) is 39.4 Å². The summed E-state index contributed by atoms with van der Waals surface area (Å²) in [6.07, 6.45) is -0.827. The molecular weight excluding hydrogens is 396 g/mol. The molecule has 0 saturated heterocycles. The standard InChI is InChI=1S/C21H20O7S/c1-4-26-21(23)28-20-19(15-7-5-6-8-18(15)29-20)27-12-16(22)14-10-9-13(24-2)11-17(14)25-3/h5-11H,4,12H2,1-3H3. The summed E-state index contributed by atoms with van der Waals surface area (Å²) in [7, 11) is 3.01. The molecule has 0 saturated carbocycles. The summed E-state index contributed by atoms with van der Waals surface area (Å²) in [5, 5.41) is 0.977. The van der Waals surface area contributed by atoms with Crippen molar-refractivity contribution >= 4 is 33.4 Å². The monoisotopic (exact) mass is 416 g/mol. The van der Waals surface area contributed by atoms with Gasteiger partial charge in [0.1, 0.15) is 11.5 Å². The fourth-order valence-corrected chi connectivity index (χ4v) is 3.66. The quantitative estimate of drug-likeness (QED) is 0.388. The molecule has 8 heteroatoms. The molecule has 0 bridgehead atoms. The van der Waals surface area contributed by atoms with E-state index in [9.17, 15) is 9.59 Å². The van der Waals surface area contributed by atoms with Crippen LogP contribution in [0.1, 0.15) is 17.3 Å². The first-order chi connectivity index (χ1) is 14.1. The zero-order valence-corrected chi connectivity index (χ0v) is 17.0. The number of rotatable bonds is 8. The Morgan fingerprint density at radius 1 is 1.03 bits per heavy atom. The van der Waals surface area contributed by atoms with Gasteiger partial charge >= 0.3 is 6.16 Å². The first-order valence-electron chi connectivity index (χ1n) is 8.81. The van der Waals surface area contributed by atoms with Crippen LogP contribution in [0.4, 0.5) is 4.79 Å². The van der Waals surface area contributed by atoms with Gasteiger partial charge in [0.2, 0.25) is 10.8 Å². The Kier molecular flexibility index (Phi) is 6.56. The molecule has 3 aromatic rings. The molecule has 0 radical (unpaired) electrons. The fourth-order valence-electron chi connectivity index (χ4n) is 2.67. The Labute approximate surface area is 171 Å². The minimum atomic E-state index is -0.827. The fraction of sp³-hybridized carbons (Fsp3) is 0.238. The third kappa shape index (κ3) is 4.60. The molecule has 3 rings (SSSR count). The number of ketones is 1. The molecule has 0 aliphatic rings. The van der Waals surface area contributed by atoms with E-state index in [2.05, 4.69) is 0 Å². The van der Waals surface area contributed by atoms with Gasteiger partial charge in [0.15, 0.2) is 12.4 Å². The van der Waals surface area contributed by atoms with Crippen molar-refractivity contribution in [3.63, 3.8) is 0 Å². The molecule has 0 atom stereocenters. The van der Waals surface area contributed by atoms with Gasteiger partial charge in [-0.25, -0.2) is 4.79 Å². The topological polar surface area (TPSA) is 80.3 Å². The molecule has 0 spiro atoms. The molecule has 29 heavy (non-hydrogen) atoms. The second kappa shape index (κ2) is 9.29. The second-order valence-electron chi connectivity index (χ2n) is 5.78. The van der Waals surface area contributed by atoms with Crippen LogP contribution in [0.3, 0.4) is 0 Å². The summed E-state index contributed by atoms with van der Waals surface area (Å²) in [6.45, 7) is 1.61. The summed E-state index contributed by atoms with van der Waals surface area (Å²) in [4.78, 5) is 24.5. The molecule has 0 aliphatic carbocycles. The minimum Gasteiger partial charge on any atom is -0.497 e. The number of carbonyl (C=O) groups excluding carboxylic acids is 2. The van der Waals surface area contributed by atoms with Crippen LogP contribution in [0.2, 0.25) is 0 Å². The molecule has 0 aliphatic heterocycles. The summed E-state index contributed by atoms with van der Waals surface area (Å²) in [5.41, 5.74) is 0.362. The summed E-state index contributed by atoms with van der Waals surface area (Å²) < 4.78 is 27.2. The first-order valence-corrected chi connectivity index (χ1v) is 9.63. The number of ether oxygens (including phenoxy) is 5. The van der Waals surface area contributed by atoms with Crippen LogP contribution in [0, 0.1) is 0 Å². The van der Waals surface area contributed by atoms with Gasteiger partial charge in [-0.2, -0.15) is 0 Å². The van der Waals surface area contributed by atoms with Gasteiger partial charge in [-0.1, -0.05) is 23.5 Å². The molecule has 0 N–H and O–H groups in total. The molecule has 0 fully saturated rings. The maximum absolute atomic E-state index is 12.7. The van der Waals surface area contributed by atoms with Crippen LogP contribution >= 0.6 is 11.3 Å². The molecule has 1 heterocycles. The predicted octanol–water partition coefficient (Wildman–Crippen LogP) is 4.72. The number of fused-ring (bicyclic) bond motifs is 1. The van der Waals surface area contributed by atoms with Crippen molar-refractivity contribution in [2.45, 2.75) is 6.92 Å². The lowest BCUT2D eigenvalue weighted by atomic mass is 10.1. The lowest BCUT2D eigenvalue weighted by Crippen LogP contribution is -2.14. The number of Topliss-reactive ketones (excluding diaryl/α,β-unsaturated/α-hetero) is 1. The number of hydrogen-bond acceptors (Lipinski definition) is 8. The van der Waals surface area contributed by atoms with Crippen LogP contribution in [-0.2, 0) is 4.74 Å². The number of methoxy groups -OCH3 is 2. The molecule has 2 aromatic carbocycles. The van der Waals surface area contributed by atoms with Gasteiger partial charge in [0, 0.05) is 16.2 Å². The lowest BCUT2D eigenvalue weighted by molar-refractivity contribution is 0.0913. The van der Waals surface area contributed by atoms with Crippen molar-refractivity contribution in [1.29, 1.82) is 0 Å². The number of carbonyl (C=O) groups is 2. The summed E-state index contributed by atoms with van der Waals surface area (Å²) >= 11 is 1.24. The highest BCUT2D eigenvalue weighted by Gasteiger charge is 2.21. The Balaban J connectivity index is 1.84. The van der Waals surface area contributed by atoms with Crippen molar-refractivity contribution < 1.29 is 33.3 Å². The van der Waals surface area contributed by atoms with Gasteiger partial charge < -0.3 is 23.7 Å². The van der Waals surface area contributed by atoms with Crippen molar-refractivity contribution in [1.82, 2.24) is 0 Å². The highest BCUT2D eigenvalue weighted by Crippen LogP contribution is 2.44. The predicted molar refractivity (Wildman–Crippen MR) is 109 cm³/mol. The van der Waals surface area contributed by atoms with E-state index in [1.807, 2.05) is 24.3 Å². The highest BCUT2D eigenvalue weighted by atomic mass is 32.1. The van der Waals surface area contributed by atoms with E-state index in [4.69, 9.17) is 23.7 Å². The third-order valence-corrected chi connectivity index (χ3v) is 5.04. The van der Waals surface area contributed by atoms with E-state index in [0.717, 1.165) is 10.1 Å². The van der Waals surface area contributed by atoms with Crippen molar-refractivity contribution in [2.75, 3.05) is 27.4 Å². The molecule has 0 unspecified atom stereocenters. The SMILES string of the molecule is CCOC(=O)Oc1sc2ccccc2c1OCC(=O)c1ccc(OC)cc1OC. The number of hydrogen-bond donors (Lipinski definition) is 0. The van der Waals surface area contributed by atoms with E-state index in [0.29, 0.717) is 22.8 Å². The molecule has 0 amide bonds. The largest absolute Gasteiger partial charge is 0.514 e. The van der Waals surface area contributed by atoms with Crippen LogP contribution in [0.15, 0.2) is 42.5 Å². The zero-order chi connectivity index (χ0) is 20.8. The van der Waals surface area contributed by atoms with Gasteiger partial charge in [-0.3, -0.25) is 4.79 Å². The second-order valence-corrected chi connectivity index (χ2v) is 6.79. The van der Waals surface area contributed by atoms with E-state index in [-0.39, 0.29) is 24.1 Å². The van der Waals surface area contributed by atoms with Crippen LogP contribution in [0.25, 0.3) is 10.1 Å². The highest BCUT2D eigenvalue weighted by molar-refractivity contribution is 7.21. The van der Waals surface area contributed by atoms with E-state index in [1.165, 1.54) is 25.6 Å². The maximum Gasteiger partial charge on any atom is 0.514 e. The summed E-state index contributed by atoms with van der Waals surface area (Å²) in [6, 6.07) is 12.3. The Bertz CT molecular complexity index is 1030. The van der Waals surface area contributed by atoms with Crippen LogP contribution in [0.5, 0.6) is 22.3 Å². The Hall–Kier alpha value is -3.26. The molecule has 152 valence electrons. The smallest absolute Gasteiger partial charge is 0.497 e. The summed E-state index contributed by atoms with van der Waals surface area (Å²) in [5.74, 6) is 0.991. The molecule has 1 aromatic heterocycles. The Morgan fingerprint density at radius 3 is 2.55 bits per heavy atom. The van der Waals surface area contributed by atoms with Gasteiger partial charge in [0.25, 0.3) is 0 Å². The lowest BCUT2D eigenvalue weighted by Gasteiger charge is -2.11. The van der Waals surface area contributed by atoms with Gasteiger partial charge in [0.05, 0.1) is 26.4 Å². The average molecular weight is 416 g/mol. The van der Waals surface area contributed by atoms with Crippen molar-refractivity contribution in [3.05, 3.63) is 48.0 Å². The van der Waals surface area contributed by atoms with Crippen LogP contribution < -0.4 is 18.9 Å². The maximum atomic E-state index is 12.7. The minimum absolute atomic E-state index is 0.190. The van der Waals surface area contributed by atoms with E-state index >= 15 is 0 Å². The van der Waals surface area contributed by atoms with E-state index < -0.39 is 6.16 Å². The Morgan fingerprint density at radius 2 is 1.83 bits per heavy atom. The number of thiophene rings is 1. The molecule has 7 nitrogen and oxygen atoms in total. The van der Waals surface area contributed by atoms with Crippen molar-refractivity contribution in [3.8, 4) is 22.3 Å². The normalized spacial score (nSPS) is 10.4. The van der Waals surface area contributed by atoms with Gasteiger partial charge in [-0.15, -0.1) is 0 Å². The first kappa shape index (κ1) is 20.5. The van der Waals surface area contributed by atoms with Gasteiger partial charge in [-0.05, 0) is 31.2 Å².